The molecule has 0 aliphatic carbocycles. The highest BCUT2D eigenvalue weighted by molar-refractivity contribution is 7.16. The van der Waals surface area contributed by atoms with Gasteiger partial charge < -0.3 is 14.2 Å². The molecule has 0 aliphatic heterocycles. The molecule has 0 N–H and O–H groups in total. The average molecular weight is 417 g/mol. The molecule has 2 heterocycles. The Morgan fingerprint density at radius 1 is 1.17 bits per heavy atom. The summed E-state index contributed by atoms with van der Waals surface area (Å²) in [5, 5.41) is 5.01. The van der Waals surface area contributed by atoms with Crippen LogP contribution in [0.1, 0.15) is 38.4 Å². The van der Waals surface area contributed by atoms with Crippen LogP contribution in [0.25, 0.3) is 4.96 Å². The van der Waals surface area contributed by atoms with Crippen LogP contribution in [-0.4, -0.2) is 32.8 Å². The van der Waals surface area contributed by atoms with E-state index in [4.69, 9.17) is 14.2 Å². The van der Waals surface area contributed by atoms with Gasteiger partial charge in [-0.15, -0.1) is 0 Å². The topological polar surface area (TPSA) is 92.0 Å². The third-order valence-electron chi connectivity index (χ3n) is 3.99. The zero-order valence-corrected chi connectivity index (χ0v) is 17.6. The van der Waals surface area contributed by atoms with Gasteiger partial charge in [0.15, 0.2) is 5.60 Å². The molecular formula is C20H23N3O5S. The number of esters is 1. The molecule has 0 amide bonds. The monoisotopic (exact) mass is 417 g/mol. The smallest absolute Gasteiger partial charge is 0.350 e. The lowest BCUT2D eigenvalue weighted by Crippen LogP contribution is -2.39. The summed E-state index contributed by atoms with van der Waals surface area (Å²) in [5.74, 6) is 0.680. The Morgan fingerprint density at radius 2 is 1.86 bits per heavy atom. The van der Waals surface area contributed by atoms with Crippen LogP contribution in [0.5, 0.6) is 11.5 Å². The lowest BCUT2D eigenvalue weighted by atomic mass is 10.1. The van der Waals surface area contributed by atoms with Crippen LogP contribution in [0.3, 0.4) is 0 Å². The summed E-state index contributed by atoms with van der Waals surface area (Å²) in [6.45, 7) is 7.55. The first-order chi connectivity index (χ1) is 13.8. The van der Waals surface area contributed by atoms with Crippen LogP contribution >= 0.6 is 11.3 Å². The van der Waals surface area contributed by atoms with E-state index in [0.717, 1.165) is 17.2 Å². The van der Waals surface area contributed by atoms with E-state index in [1.165, 1.54) is 21.9 Å². The first kappa shape index (κ1) is 20.8. The van der Waals surface area contributed by atoms with Crippen molar-refractivity contribution in [3.63, 3.8) is 0 Å². The molecule has 0 radical (unpaired) electrons. The first-order valence-corrected chi connectivity index (χ1v) is 10.1. The van der Waals surface area contributed by atoms with Gasteiger partial charge in [-0.3, -0.25) is 4.79 Å². The van der Waals surface area contributed by atoms with E-state index >= 15 is 0 Å². The van der Waals surface area contributed by atoms with Gasteiger partial charge >= 0.3 is 5.97 Å². The van der Waals surface area contributed by atoms with Crippen LogP contribution in [-0.2, 0) is 22.6 Å². The number of ether oxygens (including phenoxy) is 3. The van der Waals surface area contributed by atoms with Crippen LogP contribution in [0.15, 0.2) is 35.1 Å². The fourth-order valence-corrected chi connectivity index (χ4v) is 3.39. The van der Waals surface area contributed by atoms with Crippen molar-refractivity contribution in [2.45, 2.75) is 46.3 Å². The van der Waals surface area contributed by atoms with E-state index in [0.29, 0.717) is 23.0 Å². The number of hydrogen-bond donors (Lipinski definition) is 0. The fourth-order valence-electron chi connectivity index (χ4n) is 2.53. The molecule has 3 aromatic rings. The van der Waals surface area contributed by atoms with E-state index in [1.807, 2.05) is 13.8 Å². The molecule has 0 saturated heterocycles. The Bertz CT molecular complexity index is 1060. The Hall–Kier alpha value is -2.94. The molecule has 0 aliphatic rings. The molecule has 154 valence electrons. The SMILES string of the molecule is CCOc1ccc(OC(C)(C)C(=O)OCc2cc(=O)n3nc(CC)sc3n2)cc1. The largest absolute Gasteiger partial charge is 0.494 e. The van der Waals surface area contributed by atoms with Crippen molar-refractivity contribution in [3.8, 4) is 11.5 Å². The van der Waals surface area contributed by atoms with E-state index in [-0.39, 0.29) is 12.2 Å². The van der Waals surface area contributed by atoms with Crippen molar-refractivity contribution >= 4 is 22.3 Å². The Kier molecular flexibility index (Phi) is 6.17. The van der Waals surface area contributed by atoms with Gasteiger partial charge in [-0.05, 0) is 51.5 Å². The second-order valence-electron chi connectivity index (χ2n) is 6.72. The minimum Gasteiger partial charge on any atom is -0.494 e. The zero-order chi connectivity index (χ0) is 21.0. The van der Waals surface area contributed by atoms with Gasteiger partial charge in [-0.2, -0.15) is 9.61 Å². The molecular weight excluding hydrogens is 394 g/mol. The molecule has 0 saturated carbocycles. The molecule has 0 fully saturated rings. The van der Waals surface area contributed by atoms with Crippen molar-refractivity contribution in [2.24, 2.45) is 0 Å². The van der Waals surface area contributed by atoms with Gasteiger partial charge in [-0.1, -0.05) is 18.3 Å². The van der Waals surface area contributed by atoms with Gasteiger partial charge in [0, 0.05) is 6.07 Å². The summed E-state index contributed by atoms with van der Waals surface area (Å²) in [5.41, 5.74) is -1.15. The maximum atomic E-state index is 12.5. The minimum atomic E-state index is -1.22. The van der Waals surface area contributed by atoms with Crippen molar-refractivity contribution in [2.75, 3.05) is 6.61 Å². The van der Waals surface area contributed by atoms with E-state index in [2.05, 4.69) is 10.1 Å². The molecule has 0 unspecified atom stereocenters. The van der Waals surface area contributed by atoms with Crippen molar-refractivity contribution in [3.05, 3.63) is 51.4 Å². The number of aromatic nitrogens is 3. The van der Waals surface area contributed by atoms with Gasteiger partial charge in [0.25, 0.3) is 5.56 Å². The lowest BCUT2D eigenvalue weighted by molar-refractivity contribution is -0.160. The molecule has 9 heteroatoms. The van der Waals surface area contributed by atoms with Crippen molar-refractivity contribution in [1.82, 2.24) is 14.6 Å². The summed E-state index contributed by atoms with van der Waals surface area (Å²) in [6.07, 6.45) is 0.717. The normalized spacial score (nSPS) is 11.4. The van der Waals surface area contributed by atoms with Crippen LogP contribution in [0.4, 0.5) is 0 Å². The lowest BCUT2D eigenvalue weighted by Gasteiger charge is -2.24. The van der Waals surface area contributed by atoms with E-state index < -0.39 is 11.6 Å². The second kappa shape index (κ2) is 8.60. The molecule has 1 aromatic carbocycles. The molecule has 0 atom stereocenters. The maximum absolute atomic E-state index is 12.5. The summed E-state index contributed by atoms with van der Waals surface area (Å²) >= 11 is 1.34. The van der Waals surface area contributed by atoms with Gasteiger partial charge in [0.2, 0.25) is 4.96 Å². The quantitative estimate of drug-likeness (QED) is 0.520. The third-order valence-corrected chi connectivity index (χ3v) is 5.05. The summed E-state index contributed by atoms with van der Waals surface area (Å²) < 4.78 is 17.8. The standard InChI is InChI=1S/C20H23N3O5S/c1-5-16-22-23-17(24)11-13(21-19(23)29-16)12-27-18(25)20(3,4)28-15-9-7-14(8-10-15)26-6-2/h7-11H,5-6,12H2,1-4H3. The van der Waals surface area contributed by atoms with Gasteiger partial charge in [0.05, 0.1) is 12.3 Å². The van der Waals surface area contributed by atoms with Crippen molar-refractivity contribution in [1.29, 1.82) is 0 Å². The van der Waals surface area contributed by atoms with Gasteiger partial charge in [-0.25, -0.2) is 9.78 Å². The molecule has 8 nitrogen and oxygen atoms in total. The highest BCUT2D eigenvalue weighted by Gasteiger charge is 2.32. The summed E-state index contributed by atoms with van der Waals surface area (Å²) in [6, 6.07) is 8.32. The predicted octanol–water partition coefficient (Wildman–Crippen LogP) is 3.01. The number of benzene rings is 1. The highest BCUT2D eigenvalue weighted by Crippen LogP contribution is 2.23. The highest BCUT2D eigenvalue weighted by atomic mass is 32.1. The van der Waals surface area contributed by atoms with Crippen LogP contribution in [0.2, 0.25) is 0 Å². The number of rotatable bonds is 8. The number of carbonyl (C=O) groups is 1. The summed E-state index contributed by atoms with van der Waals surface area (Å²) in [7, 11) is 0. The second-order valence-corrected chi connectivity index (χ2v) is 7.76. The van der Waals surface area contributed by atoms with Crippen molar-refractivity contribution < 1.29 is 19.0 Å². The number of carbonyl (C=O) groups excluding carboxylic acids is 1. The molecule has 3 rings (SSSR count). The molecule has 29 heavy (non-hydrogen) atoms. The maximum Gasteiger partial charge on any atom is 0.350 e. The molecule has 0 bridgehead atoms. The molecule has 0 spiro atoms. The van der Waals surface area contributed by atoms with Gasteiger partial charge in [0.1, 0.15) is 23.1 Å². The fraction of sp³-hybridized carbons (Fsp3) is 0.400. The van der Waals surface area contributed by atoms with Crippen LogP contribution < -0.4 is 15.0 Å². The van der Waals surface area contributed by atoms with E-state index in [9.17, 15) is 9.59 Å². The number of aryl methyl sites for hydroxylation is 1. The average Bonchev–Trinajstić information content (AvgIpc) is 3.11. The zero-order valence-electron chi connectivity index (χ0n) is 16.8. The van der Waals surface area contributed by atoms with E-state index in [1.54, 1.807) is 38.1 Å². The first-order valence-electron chi connectivity index (χ1n) is 9.30. The predicted molar refractivity (Wildman–Crippen MR) is 109 cm³/mol. The Balaban J connectivity index is 1.65. The van der Waals surface area contributed by atoms with Crippen LogP contribution in [0, 0.1) is 0 Å². The Morgan fingerprint density at radius 3 is 2.52 bits per heavy atom. The third kappa shape index (κ3) is 4.92. The number of fused-ring (bicyclic) bond motifs is 1. The minimum absolute atomic E-state index is 0.125. The number of nitrogens with zero attached hydrogens (tertiary/aromatic N) is 3. The molecule has 2 aromatic heterocycles. The number of hydrogen-bond acceptors (Lipinski definition) is 8. The Labute approximate surface area is 172 Å². The summed E-state index contributed by atoms with van der Waals surface area (Å²) in [4.78, 5) is 29.5.